The fraction of sp³-hybridized carbons (Fsp3) is 0.889. The van der Waals surface area contributed by atoms with E-state index in [1.54, 1.807) is 0 Å². The summed E-state index contributed by atoms with van der Waals surface area (Å²) in [5.74, 6) is 0. The first-order valence-corrected chi connectivity index (χ1v) is 4.62. The molecule has 3 heteroatoms. The summed E-state index contributed by atoms with van der Waals surface area (Å²) in [4.78, 5) is 2.19. The standard InChI is InChI=1S/C9H17N3/c1-12(7-2-5-10)8-6-11-9-3-4-9/h9,11H,2-4,6-8H2,1H3. The molecule has 0 aromatic carbocycles. The Morgan fingerprint density at radius 1 is 1.50 bits per heavy atom. The molecule has 68 valence electrons. The van der Waals surface area contributed by atoms with Crippen LogP contribution in [0.2, 0.25) is 0 Å². The normalized spacial score (nSPS) is 16.4. The molecule has 1 N–H and O–H groups in total. The first-order valence-electron chi connectivity index (χ1n) is 4.62. The van der Waals surface area contributed by atoms with Crippen molar-refractivity contribution in [2.75, 3.05) is 26.7 Å². The minimum absolute atomic E-state index is 0.639. The fourth-order valence-electron chi connectivity index (χ4n) is 1.10. The number of nitrogens with one attached hydrogen (secondary N) is 1. The van der Waals surface area contributed by atoms with E-state index in [1.165, 1.54) is 12.8 Å². The van der Waals surface area contributed by atoms with Gasteiger partial charge < -0.3 is 10.2 Å². The predicted molar refractivity (Wildman–Crippen MR) is 48.8 cm³/mol. The smallest absolute Gasteiger partial charge is 0.0635 e. The minimum Gasteiger partial charge on any atom is -0.313 e. The molecule has 0 aromatic rings. The van der Waals surface area contributed by atoms with Crippen LogP contribution in [0, 0.1) is 11.3 Å². The number of hydrogen-bond donors (Lipinski definition) is 1. The van der Waals surface area contributed by atoms with Crippen molar-refractivity contribution in [3.63, 3.8) is 0 Å². The van der Waals surface area contributed by atoms with Crippen LogP contribution < -0.4 is 5.32 Å². The summed E-state index contributed by atoms with van der Waals surface area (Å²) in [5, 5.41) is 11.8. The molecule has 0 spiro atoms. The largest absolute Gasteiger partial charge is 0.313 e. The number of rotatable bonds is 6. The number of nitriles is 1. The molecule has 1 rings (SSSR count). The Labute approximate surface area is 74.4 Å². The zero-order valence-corrected chi connectivity index (χ0v) is 7.71. The van der Waals surface area contributed by atoms with Gasteiger partial charge in [0.05, 0.1) is 6.07 Å². The molecule has 0 saturated heterocycles. The van der Waals surface area contributed by atoms with E-state index in [9.17, 15) is 0 Å². The highest BCUT2D eigenvalue weighted by Crippen LogP contribution is 2.17. The lowest BCUT2D eigenvalue weighted by Gasteiger charge is -2.14. The average molecular weight is 167 g/mol. The van der Waals surface area contributed by atoms with Crippen molar-refractivity contribution in [1.29, 1.82) is 5.26 Å². The summed E-state index contributed by atoms with van der Waals surface area (Å²) in [7, 11) is 2.06. The average Bonchev–Trinajstić information content (AvgIpc) is 2.84. The maximum atomic E-state index is 8.35. The van der Waals surface area contributed by atoms with Crippen LogP contribution in [0.4, 0.5) is 0 Å². The van der Waals surface area contributed by atoms with E-state index in [2.05, 4.69) is 23.3 Å². The van der Waals surface area contributed by atoms with Gasteiger partial charge in [0.15, 0.2) is 0 Å². The molecule has 1 saturated carbocycles. The second kappa shape index (κ2) is 5.13. The molecule has 0 aromatic heterocycles. The lowest BCUT2D eigenvalue weighted by atomic mass is 10.4. The van der Waals surface area contributed by atoms with Gasteiger partial charge in [0.25, 0.3) is 0 Å². The van der Waals surface area contributed by atoms with E-state index in [1.807, 2.05) is 0 Å². The molecule has 0 unspecified atom stereocenters. The van der Waals surface area contributed by atoms with Crippen LogP contribution in [0.15, 0.2) is 0 Å². The van der Waals surface area contributed by atoms with Gasteiger partial charge in [-0.2, -0.15) is 5.26 Å². The van der Waals surface area contributed by atoms with E-state index in [0.29, 0.717) is 6.42 Å². The van der Waals surface area contributed by atoms with Crippen molar-refractivity contribution in [2.24, 2.45) is 0 Å². The Balaban J connectivity index is 1.87. The van der Waals surface area contributed by atoms with E-state index in [0.717, 1.165) is 25.7 Å². The van der Waals surface area contributed by atoms with E-state index in [-0.39, 0.29) is 0 Å². The highest BCUT2D eigenvalue weighted by molar-refractivity contribution is 4.81. The molecule has 0 aliphatic heterocycles. The van der Waals surface area contributed by atoms with Crippen molar-refractivity contribution in [2.45, 2.75) is 25.3 Å². The minimum atomic E-state index is 0.639. The lowest BCUT2D eigenvalue weighted by Crippen LogP contribution is -2.30. The highest BCUT2D eigenvalue weighted by Gasteiger charge is 2.19. The Kier molecular flexibility index (Phi) is 4.06. The van der Waals surface area contributed by atoms with E-state index < -0.39 is 0 Å². The van der Waals surface area contributed by atoms with E-state index in [4.69, 9.17) is 5.26 Å². The third-order valence-electron chi connectivity index (χ3n) is 2.11. The number of hydrogen-bond acceptors (Lipinski definition) is 3. The summed E-state index contributed by atoms with van der Waals surface area (Å²) in [5.41, 5.74) is 0. The molecule has 0 bridgehead atoms. The number of likely N-dealkylation sites (N-methyl/N-ethyl adjacent to an activating group) is 1. The molecule has 12 heavy (non-hydrogen) atoms. The lowest BCUT2D eigenvalue weighted by molar-refractivity contribution is 0.338. The van der Waals surface area contributed by atoms with Crippen LogP contribution in [0.5, 0.6) is 0 Å². The summed E-state index contributed by atoms with van der Waals surface area (Å²) in [6, 6.07) is 2.95. The van der Waals surface area contributed by atoms with Gasteiger partial charge in [0.2, 0.25) is 0 Å². The molecule has 0 amide bonds. The van der Waals surface area contributed by atoms with Gasteiger partial charge in [0, 0.05) is 32.1 Å². The molecule has 0 atom stereocenters. The van der Waals surface area contributed by atoms with E-state index >= 15 is 0 Å². The van der Waals surface area contributed by atoms with Crippen molar-refractivity contribution in [3.8, 4) is 6.07 Å². The summed E-state index contributed by atoms with van der Waals surface area (Å²) >= 11 is 0. The molecule has 1 aliphatic rings. The first kappa shape index (κ1) is 9.50. The van der Waals surface area contributed by atoms with Crippen molar-refractivity contribution in [3.05, 3.63) is 0 Å². The second-order valence-electron chi connectivity index (χ2n) is 3.44. The van der Waals surface area contributed by atoms with Gasteiger partial charge in [0.1, 0.15) is 0 Å². The Bertz CT molecular complexity index is 158. The van der Waals surface area contributed by atoms with Crippen LogP contribution in [0.25, 0.3) is 0 Å². The zero-order chi connectivity index (χ0) is 8.81. The first-order chi connectivity index (χ1) is 5.83. The Morgan fingerprint density at radius 3 is 2.83 bits per heavy atom. The van der Waals surface area contributed by atoms with Gasteiger partial charge in [-0.15, -0.1) is 0 Å². The predicted octanol–water partition coefficient (Wildman–Crippen LogP) is 0.584. The molecule has 0 heterocycles. The van der Waals surface area contributed by atoms with Gasteiger partial charge in [-0.3, -0.25) is 0 Å². The maximum Gasteiger partial charge on any atom is 0.0635 e. The summed E-state index contributed by atoms with van der Waals surface area (Å²) < 4.78 is 0. The van der Waals surface area contributed by atoms with Crippen molar-refractivity contribution in [1.82, 2.24) is 10.2 Å². The molecule has 1 aliphatic carbocycles. The molecular weight excluding hydrogens is 150 g/mol. The van der Waals surface area contributed by atoms with Gasteiger partial charge in [-0.25, -0.2) is 0 Å². The van der Waals surface area contributed by atoms with Crippen LogP contribution in [0.3, 0.4) is 0 Å². The molecular formula is C9H17N3. The van der Waals surface area contributed by atoms with Crippen LogP contribution >= 0.6 is 0 Å². The molecule has 0 radical (unpaired) electrons. The van der Waals surface area contributed by atoms with Gasteiger partial charge >= 0.3 is 0 Å². The van der Waals surface area contributed by atoms with Crippen LogP contribution in [0.1, 0.15) is 19.3 Å². The Morgan fingerprint density at radius 2 is 2.25 bits per heavy atom. The topological polar surface area (TPSA) is 39.1 Å². The van der Waals surface area contributed by atoms with Crippen molar-refractivity contribution >= 4 is 0 Å². The van der Waals surface area contributed by atoms with Gasteiger partial charge in [-0.05, 0) is 19.9 Å². The zero-order valence-electron chi connectivity index (χ0n) is 7.71. The SMILES string of the molecule is CN(CCC#N)CCNC1CC1. The van der Waals surface area contributed by atoms with Gasteiger partial charge in [-0.1, -0.05) is 0 Å². The maximum absolute atomic E-state index is 8.35. The second-order valence-corrected chi connectivity index (χ2v) is 3.44. The third kappa shape index (κ3) is 4.32. The summed E-state index contributed by atoms with van der Waals surface area (Å²) in [6.07, 6.45) is 3.34. The number of nitrogens with zero attached hydrogens (tertiary/aromatic N) is 2. The quantitative estimate of drug-likeness (QED) is 0.629. The highest BCUT2D eigenvalue weighted by atomic mass is 15.1. The molecule has 1 fully saturated rings. The van der Waals surface area contributed by atoms with Crippen LogP contribution in [-0.4, -0.2) is 37.6 Å². The third-order valence-corrected chi connectivity index (χ3v) is 2.11. The molecule has 3 nitrogen and oxygen atoms in total. The van der Waals surface area contributed by atoms with Crippen molar-refractivity contribution < 1.29 is 0 Å². The summed E-state index contributed by atoms with van der Waals surface area (Å²) in [6.45, 7) is 3.01. The monoisotopic (exact) mass is 167 g/mol. The Hall–Kier alpha value is -0.590. The fourth-order valence-corrected chi connectivity index (χ4v) is 1.10. The van der Waals surface area contributed by atoms with Crippen LogP contribution in [-0.2, 0) is 0 Å².